The van der Waals surface area contributed by atoms with E-state index in [1.807, 2.05) is 42.2 Å². The van der Waals surface area contributed by atoms with Crippen LogP contribution < -0.4 is 4.57 Å². The standard InChI is InChI=1S/C8H10N.C8H8O3S/c1-3-8-4-6-9(2)7-5-8;1-2-7-3-5-8(6-4-7)12(9,10)11/h3-7H,1H2,2H3;2-6H,1H2,(H,9,10,11)/q+1;/p-1. The minimum absolute atomic E-state index is 0.215. The number of aromatic nitrogens is 1. The Morgan fingerprint density at radius 1 is 0.952 bits per heavy atom. The monoisotopic (exact) mass is 303 g/mol. The van der Waals surface area contributed by atoms with Crippen molar-refractivity contribution in [3.8, 4) is 0 Å². The van der Waals surface area contributed by atoms with Gasteiger partial charge in [-0.2, -0.15) is 0 Å². The van der Waals surface area contributed by atoms with Gasteiger partial charge in [-0.1, -0.05) is 37.4 Å². The van der Waals surface area contributed by atoms with Gasteiger partial charge in [0.05, 0.1) is 4.90 Å². The molecule has 1 aromatic carbocycles. The summed E-state index contributed by atoms with van der Waals surface area (Å²) < 4.78 is 33.3. The Morgan fingerprint density at radius 2 is 1.38 bits per heavy atom. The molecule has 1 aromatic heterocycles. The lowest BCUT2D eigenvalue weighted by Gasteiger charge is -2.05. The summed E-state index contributed by atoms with van der Waals surface area (Å²) in [6.45, 7) is 7.15. The van der Waals surface area contributed by atoms with E-state index in [0.717, 1.165) is 11.1 Å². The average Bonchev–Trinajstić information content (AvgIpc) is 2.48. The zero-order chi connectivity index (χ0) is 15.9. The minimum Gasteiger partial charge on any atom is -0.744 e. The number of nitrogens with zero attached hydrogens (tertiary/aromatic N) is 1. The van der Waals surface area contributed by atoms with E-state index in [-0.39, 0.29) is 4.90 Å². The fourth-order valence-electron chi connectivity index (χ4n) is 1.42. The normalized spacial score (nSPS) is 10.2. The van der Waals surface area contributed by atoms with Gasteiger partial charge in [-0.05, 0) is 23.3 Å². The van der Waals surface area contributed by atoms with E-state index in [9.17, 15) is 13.0 Å². The SMILES string of the molecule is C=Cc1cc[n+](C)cc1.C=Cc1ccc(S(=O)(=O)[O-])cc1. The van der Waals surface area contributed by atoms with E-state index in [4.69, 9.17) is 0 Å². The van der Waals surface area contributed by atoms with E-state index >= 15 is 0 Å². The Morgan fingerprint density at radius 3 is 1.76 bits per heavy atom. The van der Waals surface area contributed by atoms with Crippen LogP contribution in [0, 0.1) is 0 Å². The van der Waals surface area contributed by atoms with Crippen LogP contribution in [0.3, 0.4) is 0 Å². The molecule has 21 heavy (non-hydrogen) atoms. The van der Waals surface area contributed by atoms with Crippen LogP contribution in [-0.4, -0.2) is 13.0 Å². The lowest BCUT2D eigenvalue weighted by Crippen LogP contribution is -2.25. The summed E-state index contributed by atoms with van der Waals surface area (Å²) in [7, 11) is -2.32. The molecule has 0 radical (unpaired) electrons. The number of rotatable bonds is 3. The molecular formula is C16H17NO3S. The molecule has 0 saturated carbocycles. The molecule has 0 aliphatic rings. The van der Waals surface area contributed by atoms with Gasteiger partial charge in [-0.15, -0.1) is 0 Å². The molecule has 0 bridgehead atoms. The van der Waals surface area contributed by atoms with Crippen molar-refractivity contribution in [2.24, 2.45) is 7.05 Å². The van der Waals surface area contributed by atoms with Crippen molar-refractivity contribution in [1.82, 2.24) is 0 Å². The van der Waals surface area contributed by atoms with Crippen molar-refractivity contribution < 1.29 is 17.5 Å². The summed E-state index contributed by atoms with van der Waals surface area (Å²) in [4.78, 5) is -0.215. The summed E-state index contributed by atoms with van der Waals surface area (Å²) in [5, 5.41) is 0. The second-order valence-corrected chi connectivity index (χ2v) is 5.61. The van der Waals surface area contributed by atoms with Gasteiger partial charge in [-0.25, -0.2) is 13.0 Å². The van der Waals surface area contributed by atoms with Gasteiger partial charge in [0, 0.05) is 12.1 Å². The Balaban J connectivity index is 0.000000219. The fraction of sp³-hybridized carbons (Fsp3) is 0.0625. The molecule has 0 fully saturated rings. The van der Waals surface area contributed by atoms with Crippen molar-refractivity contribution in [2.75, 3.05) is 0 Å². The molecule has 0 unspecified atom stereocenters. The number of benzene rings is 1. The first-order chi connectivity index (χ1) is 9.86. The predicted octanol–water partition coefficient (Wildman–Crippen LogP) is 2.39. The van der Waals surface area contributed by atoms with Crippen LogP contribution in [0.15, 0.2) is 66.8 Å². The second kappa shape index (κ2) is 7.52. The van der Waals surface area contributed by atoms with Gasteiger partial charge in [0.15, 0.2) is 12.4 Å². The lowest BCUT2D eigenvalue weighted by molar-refractivity contribution is -0.671. The molecule has 4 nitrogen and oxygen atoms in total. The highest BCUT2D eigenvalue weighted by Crippen LogP contribution is 2.10. The topological polar surface area (TPSA) is 61.1 Å². The molecule has 0 amide bonds. The largest absolute Gasteiger partial charge is 0.744 e. The van der Waals surface area contributed by atoms with Gasteiger partial charge in [0.1, 0.15) is 17.2 Å². The average molecular weight is 303 g/mol. The maximum atomic E-state index is 10.5. The molecule has 0 saturated heterocycles. The Kier molecular flexibility index (Phi) is 6.02. The smallest absolute Gasteiger partial charge is 0.169 e. The van der Waals surface area contributed by atoms with Crippen LogP contribution in [0.2, 0.25) is 0 Å². The van der Waals surface area contributed by atoms with Crippen LogP contribution in [0.25, 0.3) is 12.2 Å². The summed E-state index contributed by atoms with van der Waals surface area (Å²) in [5.41, 5.74) is 1.94. The molecule has 110 valence electrons. The molecule has 5 heteroatoms. The molecule has 2 rings (SSSR count). The molecule has 0 spiro atoms. The van der Waals surface area contributed by atoms with Gasteiger partial charge in [0.2, 0.25) is 0 Å². The quantitative estimate of drug-likeness (QED) is 0.646. The Bertz CT molecular complexity index is 702. The molecule has 1 heterocycles. The summed E-state index contributed by atoms with van der Waals surface area (Å²) in [5.74, 6) is 0. The van der Waals surface area contributed by atoms with Crippen molar-refractivity contribution in [2.45, 2.75) is 4.90 Å². The van der Waals surface area contributed by atoms with Crippen LogP contribution in [-0.2, 0) is 17.2 Å². The first-order valence-corrected chi connectivity index (χ1v) is 7.54. The number of aryl methyl sites for hydroxylation is 1. The number of hydrogen-bond acceptors (Lipinski definition) is 3. The van der Waals surface area contributed by atoms with E-state index in [0.29, 0.717) is 0 Å². The summed E-state index contributed by atoms with van der Waals surface area (Å²) >= 11 is 0. The molecule has 0 aliphatic heterocycles. The van der Waals surface area contributed by atoms with Crippen molar-refractivity contribution >= 4 is 22.3 Å². The molecule has 0 N–H and O–H groups in total. The van der Waals surface area contributed by atoms with Crippen molar-refractivity contribution in [1.29, 1.82) is 0 Å². The number of hydrogen-bond donors (Lipinski definition) is 0. The first kappa shape index (κ1) is 16.8. The Labute approximate surface area is 125 Å². The summed E-state index contributed by atoms with van der Waals surface area (Å²) in [6.07, 6.45) is 7.40. The van der Waals surface area contributed by atoms with Crippen LogP contribution in [0.1, 0.15) is 11.1 Å². The maximum absolute atomic E-state index is 10.5. The van der Waals surface area contributed by atoms with Gasteiger partial charge >= 0.3 is 0 Å². The second-order valence-electron chi connectivity index (χ2n) is 4.23. The summed E-state index contributed by atoms with van der Waals surface area (Å²) in [6, 6.07) is 9.62. The minimum atomic E-state index is -4.31. The predicted molar refractivity (Wildman–Crippen MR) is 82.2 cm³/mol. The van der Waals surface area contributed by atoms with Crippen molar-refractivity contribution in [3.63, 3.8) is 0 Å². The zero-order valence-corrected chi connectivity index (χ0v) is 12.6. The lowest BCUT2D eigenvalue weighted by atomic mass is 10.2. The molecule has 0 aliphatic carbocycles. The van der Waals surface area contributed by atoms with Crippen LogP contribution in [0.4, 0.5) is 0 Å². The van der Waals surface area contributed by atoms with Gasteiger partial charge < -0.3 is 4.55 Å². The van der Waals surface area contributed by atoms with Gasteiger partial charge in [-0.3, -0.25) is 0 Å². The highest BCUT2D eigenvalue weighted by molar-refractivity contribution is 7.85. The first-order valence-electron chi connectivity index (χ1n) is 6.13. The van der Waals surface area contributed by atoms with E-state index in [1.54, 1.807) is 6.08 Å². The molecule has 0 atom stereocenters. The van der Waals surface area contributed by atoms with E-state index in [2.05, 4.69) is 13.2 Å². The highest BCUT2D eigenvalue weighted by Gasteiger charge is 1.98. The molecule has 2 aromatic rings. The third-order valence-corrected chi connectivity index (χ3v) is 3.49. The zero-order valence-electron chi connectivity index (χ0n) is 11.8. The maximum Gasteiger partial charge on any atom is 0.169 e. The van der Waals surface area contributed by atoms with Crippen molar-refractivity contribution in [3.05, 3.63) is 73.1 Å². The van der Waals surface area contributed by atoms with Crippen LogP contribution >= 0.6 is 0 Å². The van der Waals surface area contributed by atoms with Gasteiger partial charge in [0.25, 0.3) is 0 Å². The molecular weight excluding hydrogens is 286 g/mol. The van der Waals surface area contributed by atoms with E-state index < -0.39 is 10.1 Å². The highest BCUT2D eigenvalue weighted by atomic mass is 32.2. The number of pyridine rings is 1. The van der Waals surface area contributed by atoms with Crippen LogP contribution in [0.5, 0.6) is 0 Å². The van der Waals surface area contributed by atoms with E-state index in [1.165, 1.54) is 24.3 Å². The fourth-order valence-corrected chi connectivity index (χ4v) is 1.89. The third-order valence-electron chi connectivity index (χ3n) is 2.64. The third kappa shape index (κ3) is 5.72. The Hall–Kier alpha value is -2.24.